The van der Waals surface area contributed by atoms with Crippen molar-refractivity contribution in [1.29, 1.82) is 0 Å². The molecule has 1 atom stereocenters. The van der Waals surface area contributed by atoms with Gasteiger partial charge in [-0.15, -0.1) is 0 Å². The molecule has 1 aliphatic carbocycles. The van der Waals surface area contributed by atoms with Crippen LogP contribution in [0.15, 0.2) is 0 Å². The first-order chi connectivity index (χ1) is 6.88. The predicted molar refractivity (Wildman–Crippen MR) is 61.9 cm³/mol. The van der Waals surface area contributed by atoms with Gasteiger partial charge in [0.05, 0.1) is 6.61 Å². The van der Waals surface area contributed by atoms with Crippen LogP contribution in [-0.2, 0) is 4.74 Å². The summed E-state index contributed by atoms with van der Waals surface area (Å²) in [4.78, 5) is 0. The molecule has 3 heteroatoms. The van der Waals surface area contributed by atoms with E-state index in [1.807, 2.05) is 11.8 Å². The zero-order valence-electron chi connectivity index (χ0n) is 9.00. The second kappa shape index (κ2) is 5.38. The minimum atomic E-state index is 0.644. The fourth-order valence-corrected chi connectivity index (χ4v) is 3.21. The zero-order chi connectivity index (χ0) is 9.80. The fraction of sp³-hybridized carbons (Fsp3) is 1.00. The molecular formula is C11H21NOS. The standard InChI is InChI=1S/C11H21NOS/c1-14-11-4-2-9(3-5-11)12-10-6-7-13-8-10/h9-12H,2-8H2,1H3. The van der Waals surface area contributed by atoms with Crippen molar-refractivity contribution >= 4 is 11.8 Å². The Labute approximate surface area is 91.2 Å². The molecule has 2 aliphatic rings. The summed E-state index contributed by atoms with van der Waals surface area (Å²) in [7, 11) is 0. The molecule has 14 heavy (non-hydrogen) atoms. The van der Waals surface area contributed by atoms with E-state index >= 15 is 0 Å². The Bertz CT molecular complexity index is 163. The molecule has 1 heterocycles. The predicted octanol–water partition coefficient (Wildman–Crippen LogP) is 2.04. The van der Waals surface area contributed by atoms with Crippen molar-refractivity contribution < 1.29 is 4.74 Å². The van der Waals surface area contributed by atoms with Crippen molar-refractivity contribution in [2.75, 3.05) is 19.5 Å². The van der Waals surface area contributed by atoms with Gasteiger partial charge in [-0.1, -0.05) is 0 Å². The van der Waals surface area contributed by atoms with Gasteiger partial charge in [-0.2, -0.15) is 11.8 Å². The third kappa shape index (κ3) is 2.88. The Morgan fingerprint density at radius 2 is 1.86 bits per heavy atom. The van der Waals surface area contributed by atoms with E-state index < -0.39 is 0 Å². The van der Waals surface area contributed by atoms with Crippen molar-refractivity contribution in [3.05, 3.63) is 0 Å². The Morgan fingerprint density at radius 3 is 2.43 bits per heavy atom. The number of thioether (sulfide) groups is 1. The average molecular weight is 215 g/mol. The second-order valence-corrected chi connectivity index (χ2v) is 5.57. The maximum absolute atomic E-state index is 5.37. The molecule has 0 bridgehead atoms. The summed E-state index contributed by atoms with van der Waals surface area (Å²) in [6.45, 7) is 1.89. The Kier molecular flexibility index (Phi) is 4.14. The molecule has 0 aromatic rings. The van der Waals surface area contributed by atoms with Gasteiger partial charge in [0.25, 0.3) is 0 Å². The van der Waals surface area contributed by atoms with Gasteiger partial charge in [0.1, 0.15) is 0 Å². The zero-order valence-corrected chi connectivity index (χ0v) is 9.81. The second-order valence-electron chi connectivity index (χ2n) is 4.44. The smallest absolute Gasteiger partial charge is 0.0620 e. The van der Waals surface area contributed by atoms with Crippen LogP contribution in [0, 0.1) is 0 Å². The van der Waals surface area contributed by atoms with E-state index in [0.717, 1.165) is 24.5 Å². The lowest BCUT2D eigenvalue weighted by molar-refractivity contribution is 0.186. The molecule has 82 valence electrons. The third-order valence-corrected chi connectivity index (χ3v) is 4.55. The fourth-order valence-electron chi connectivity index (χ4n) is 2.46. The van der Waals surface area contributed by atoms with Crippen LogP contribution in [0.25, 0.3) is 0 Å². The summed E-state index contributed by atoms with van der Waals surface area (Å²) in [6, 6.07) is 1.41. The SMILES string of the molecule is CSC1CCC(NC2CCOC2)CC1. The summed E-state index contributed by atoms with van der Waals surface area (Å²) >= 11 is 2.04. The molecule has 2 nitrogen and oxygen atoms in total. The van der Waals surface area contributed by atoms with E-state index in [1.165, 1.54) is 32.1 Å². The Balaban J connectivity index is 1.67. The first-order valence-electron chi connectivity index (χ1n) is 5.75. The highest BCUT2D eigenvalue weighted by Gasteiger charge is 2.24. The van der Waals surface area contributed by atoms with Gasteiger partial charge < -0.3 is 10.1 Å². The van der Waals surface area contributed by atoms with Crippen LogP contribution < -0.4 is 5.32 Å². The van der Waals surface area contributed by atoms with Gasteiger partial charge in [-0.25, -0.2) is 0 Å². The highest BCUT2D eigenvalue weighted by Crippen LogP contribution is 2.27. The molecule has 1 saturated heterocycles. The normalized spacial score (nSPS) is 38.8. The van der Waals surface area contributed by atoms with Crippen LogP contribution in [0.5, 0.6) is 0 Å². The summed E-state index contributed by atoms with van der Waals surface area (Å²) < 4.78 is 5.37. The minimum Gasteiger partial charge on any atom is -0.380 e. The molecule has 2 fully saturated rings. The summed E-state index contributed by atoms with van der Waals surface area (Å²) in [6.07, 6.45) is 8.97. The van der Waals surface area contributed by atoms with Crippen molar-refractivity contribution in [3.8, 4) is 0 Å². The van der Waals surface area contributed by atoms with Crippen LogP contribution in [0.4, 0.5) is 0 Å². The Hall–Kier alpha value is 0.270. The molecule has 2 rings (SSSR count). The maximum atomic E-state index is 5.37. The van der Waals surface area contributed by atoms with Gasteiger partial charge in [0.2, 0.25) is 0 Å². The van der Waals surface area contributed by atoms with Crippen LogP contribution in [0.1, 0.15) is 32.1 Å². The van der Waals surface area contributed by atoms with Crippen LogP contribution in [0.2, 0.25) is 0 Å². The van der Waals surface area contributed by atoms with Gasteiger partial charge in [-0.3, -0.25) is 0 Å². The first-order valence-corrected chi connectivity index (χ1v) is 7.04. The highest BCUT2D eigenvalue weighted by atomic mass is 32.2. The summed E-state index contributed by atoms with van der Waals surface area (Å²) in [5.74, 6) is 0. The van der Waals surface area contributed by atoms with Gasteiger partial charge in [0.15, 0.2) is 0 Å². The molecule has 0 aromatic heterocycles. The monoisotopic (exact) mass is 215 g/mol. The van der Waals surface area contributed by atoms with Crippen molar-refractivity contribution in [2.24, 2.45) is 0 Å². The van der Waals surface area contributed by atoms with Crippen LogP contribution in [-0.4, -0.2) is 36.8 Å². The Morgan fingerprint density at radius 1 is 1.07 bits per heavy atom. The lowest BCUT2D eigenvalue weighted by Gasteiger charge is -2.29. The molecule has 0 radical (unpaired) electrons. The topological polar surface area (TPSA) is 21.3 Å². The van der Waals surface area contributed by atoms with Gasteiger partial charge >= 0.3 is 0 Å². The lowest BCUT2D eigenvalue weighted by atomic mass is 9.94. The lowest BCUT2D eigenvalue weighted by Crippen LogP contribution is -2.41. The van der Waals surface area contributed by atoms with E-state index in [1.54, 1.807) is 0 Å². The first kappa shape index (κ1) is 10.8. The molecular weight excluding hydrogens is 194 g/mol. The molecule has 1 saturated carbocycles. The number of nitrogens with one attached hydrogen (secondary N) is 1. The van der Waals surface area contributed by atoms with E-state index in [4.69, 9.17) is 4.74 Å². The molecule has 1 unspecified atom stereocenters. The quantitative estimate of drug-likeness (QED) is 0.778. The van der Waals surface area contributed by atoms with E-state index in [2.05, 4.69) is 11.6 Å². The van der Waals surface area contributed by atoms with E-state index in [0.29, 0.717) is 6.04 Å². The highest BCUT2D eigenvalue weighted by molar-refractivity contribution is 7.99. The molecule has 1 aliphatic heterocycles. The van der Waals surface area contributed by atoms with Crippen molar-refractivity contribution in [1.82, 2.24) is 5.32 Å². The minimum absolute atomic E-state index is 0.644. The number of hydrogen-bond donors (Lipinski definition) is 1. The molecule has 0 spiro atoms. The molecule has 0 aromatic carbocycles. The van der Waals surface area contributed by atoms with Crippen molar-refractivity contribution in [3.63, 3.8) is 0 Å². The summed E-state index contributed by atoms with van der Waals surface area (Å²) in [5.41, 5.74) is 0. The van der Waals surface area contributed by atoms with E-state index in [9.17, 15) is 0 Å². The molecule has 0 amide bonds. The third-order valence-electron chi connectivity index (χ3n) is 3.41. The van der Waals surface area contributed by atoms with Crippen LogP contribution >= 0.6 is 11.8 Å². The summed E-state index contributed by atoms with van der Waals surface area (Å²) in [5, 5.41) is 4.65. The van der Waals surface area contributed by atoms with E-state index in [-0.39, 0.29) is 0 Å². The number of hydrogen-bond acceptors (Lipinski definition) is 3. The number of rotatable bonds is 3. The maximum Gasteiger partial charge on any atom is 0.0620 e. The van der Waals surface area contributed by atoms with Gasteiger partial charge in [-0.05, 0) is 38.4 Å². The largest absolute Gasteiger partial charge is 0.380 e. The molecule has 1 N–H and O–H groups in total. The van der Waals surface area contributed by atoms with Crippen LogP contribution in [0.3, 0.4) is 0 Å². The van der Waals surface area contributed by atoms with Gasteiger partial charge in [0, 0.05) is 23.9 Å². The number of ether oxygens (including phenoxy) is 1. The van der Waals surface area contributed by atoms with Crippen molar-refractivity contribution in [2.45, 2.75) is 49.4 Å². The average Bonchev–Trinajstić information content (AvgIpc) is 2.72.